The van der Waals surface area contributed by atoms with Gasteiger partial charge in [0.2, 0.25) is 17.3 Å². The molecule has 3 aromatic rings. The molecule has 170 valence electrons. The fraction of sp³-hybridized carbons (Fsp3) is 0.360. The molecule has 0 N–H and O–H groups in total. The number of fused-ring (bicyclic) bond motifs is 2. The summed E-state index contributed by atoms with van der Waals surface area (Å²) in [6.07, 6.45) is 2.50. The quantitative estimate of drug-likeness (QED) is 0.346. The molecule has 5 rings (SSSR count). The lowest BCUT2D eigenvalue weighted by Gasteiger charge is -2.39. The van der Waals surface area contributed by atoms with E-state index in [1.165, 1.54) is 4.68 Å². The molecule has 0 unspecified atom stereocenters. The summed E-state index contributed by atoms with van der Waals surface area (Å²) in [6, 6.07) is 14.9. The van der Waals surface area contributed by atoms with Gasteiger partial charge in [0.05, 0.1) is 12.1 Å². The second kappa shape index (κ2) is 8.12. The Labute approximate surface area is 191 Å². The van der Waals surface area contributed by atoms with Crippen molar-refractivity contribution in [1.29, 1.82) is 0 Å². The molecule has 0 spiro atoms. The van der Waals surface area contributed by atoms with Crippen LogP contribution in [0.25, 0.3) is 0 Å². The number of anilines is 1. The zero-order valence-corrected chi connectivity index (χ0v) is 18.8. The van der Waals surface area contributed by atoms with Crippen molar-refractivity contribution in [1.82, 2.24) is 9.78 Å². The number of ether oxygens (including phenoxy) is 1. The maximum atomic E-state index is 13.0. The van der Waals surface area contributed by atoms with E-state index in [1.807, 2.05) is 12.1 Å². The Morgan fingerprint density at radius 3 is 2.30 bits per heavy atom. The highest BCUT2D eigenvalue weighted by Gasteiger charge is 2.39. The number of piperidine rings is 1. The molecule has 1 aliphatic heterocycles. The molecule has 2 aromatic carbocycles. The van der Waals surface area contributed by atoms with Crippen molar-refractivity contribution in [2.75, 3.05) is 25.1 Å². The van der Waals surface area contributed by atoms with E-state index >= 15 is 0 Å². The fourth-order valence-electron chi connectivity index (χ4n) is 4.65. The summed E-state index contributed by atoms with van der Waals surface area (Å²) in [5.74, 6) is -0.732. The number of benzene rings is 2. The first-order valence-electron chi connectivity index (χ1n) is 11.2. The Bertz CT molecular complexity index is 1220. The first kappa shape index (κ1) is 21.3. The molecule has 1 aliphatic carbocycles. The summed E-state index contributed by atoms with van der Waals surface area (Å²) in [6.45, 7) is 4.29. The van der Waals surface area contributed by atoms with Gasteiger partial charge in [0.15, 0.2) is 5.69 Å². The zero-order valence-electron chi connectivity index (χ0n) is 18.8. The van der Waals surface area contributed by atoms with E-state index < -0.39 is 0 Å². The van der Waals surface area contributed by atoms with Gasteiger partial charge in [-0.25, -0.2) is 0 Å². The molecular weight excluding hydrogens is 420 g/mol. The minimum atomic E-state index is -0.390. The van der Waals surface area contributed by atoms with Gasteiger partial charge in [0.1, 0.15) is 0 Å². The highest BCUT2D eigenvalue weighted by Crippen LogP contribution is 2.29. The Hall–Kier alpha value is -3.52. The Balaban J connectivity index is 1.31. The average Bonchev–Trinajstić information content (AvgIpc) is 3.18. The monoisotopic (exact) mass is 446 g/mol. The molecule has 2 heterocycles. The van der Waals surface area contributed by atoms with Crippen LogP contribution in [-0.2, 0) is 17.7 Å². The third-order valence-corrected chi connectivity index (χ3v) is 6.95. The summed E-state index contributed by atoms with van der Waals surface area (Å²) < 4.78 is 6.89. The number of hydrogen-bond donors (Lipinski definition) is 0. The molecule has 1 aromatic heterocycles. The minimum Gasteiger partial charge on any atom is -0.571 e. The van der Waals surface area contributed by atoms with Crippen LogP contribution in [0.5, 0.6) is 0 Å². The Morgan fingerprint density at radius 2 is 1.67 bits per heavy atom. The van der Waals surface area contributed by atoms with Gasteiger partial charge in [-0.1, -0.05) is 36.4 Å². The molecule has 0 bridgehead atoms. The molecule has 8 heteroatoms. The second-order valence-corrected chi connectivity index (χ2v) is 8.93. The predicted molar refractivity (Wildman–Crippen MR) is 122 cm³/mol. The summed E-state index contributed by atoms with van der Waals surface area (Å²) in [7, 11) is 1.77. The molecule has 1 fully saturated rings. The van der Waals surface area contributed by atoms with Gasteiger partial charge in [-0.05, 0) is 43.9 Å². The fourth-order valence-corrected chi connectivity index (χ4v) is 4.65. The molecular formula is C25H26N4O4. The maximum absolute atomic E-state index is 13.0. The normalized spacial score (nSPS) is 17.1. The molecule has 2 aliphatic rings. The van der Waals surface area contributed by atoms with Crippen molar-refractivity contribution in [3.05, 3.63) is 81.8 Å². The first-order chi connectivity index (χ1) is 15.9. The number of ketones is 2. The van der Waals surface area contributed by atoms with Gasteiger partial charge in [-0.3, -0.25) is 9.59 Å². The van der Waals surface area contributed by atoms with Crippen LogP contribution in [0, 0.1) is 5.21 Å². The van der Waals surface area contributed by atoms with Crippen LogP contribution in [0.1, 0.15) is 57.4 Å². The van der Waals surface area contributed by atoms with Gasteiger partial charge >= 0.3 is 0 Å². The van der Waals surface area contributed by atoms with Crippen LogP contribution < -0.4 is 9.86 Å². The first-order valence-corrected chi connectivity index (χ1v) is 11.2. The van der Waals surface area contributed by atoms with E-state index in [1.54, 1.807) is 31.4 Å². The molecule has 0 saturated carbocycles. The molecule has 1 saturated heterocycles. The smallest absolute Gasteiger partial charge is 0.220 e. The highest BCUT2D eigenvalue weighted by atomic mass is 16.5. The van der Waals surface area contributed by atoms with Crippen LogP contribution in [0.2, 0.25) is 0 Å². The summed E-state index contributed by atoms with van der Waals surface area (Å²) >= 11 is 0. The van der Waals surface area contributed by atoms with Gasteiger partial charge in [0, 0.05) is 47.1 Å². The second-order valence-electron chi connectivity index (χ2n) is 8.93. The number of nitrogens with zero attached hydrogens (tertiary/aromatic N) is 4. The van der Waals surface area contributed by atoms with E-state index in [2.05, 4.69) is 29.1 Å². The SMILES string of the molecule is COC1(C)CCN(c2ccc(CCn3c4c(n[n+]3[O-])C(=O)c3ccccc3C4=O)cc2)CC1. The number of rotatable bonds is 5. The number of carbonyl (C=O) groups is 2. The van der Waals surface area contributed by atoms with Crippen molar-refractivity contribution in [2.45, 2.75) is 38.3 Å². The number of aromatic nitrogens is 3. The van der Waals surface area contributed by atoms with Gasteiger partial charge in [-0.15, -0.1) is 4.68 Å². The molecule has 0 atom stereocenters. The standard InChI is InChI=1S/C25H26N4O4/c1-25(33-2)12-15-27(16-13-25)18-9-7-17(8-10-18)11-14-28-22-21(26-29(28)32)23(30)19-5-3-4-6-20(19)24(22)31/h3-10H,11-16H2,1-2H3. The van der Waals surface area contributed by atoms with E-state index in [-0.39, 0.29) is 35.1 Å². The summed E-state index contributed by atoms with van der Waals surface area (Å²) in [4.78, 5) is 28.5. The Morgan fingerprint density at radius 1 is 1.03 bits per heavy atom. The third-order valence-electron chi connectivity index (χ3n) is 6.95. The van der Waals surface area contributed by atoms with Crippen molar-refractivity contribution < 1.29 is 19.3 Å². The van der Waals surface area contributed by atoms with Crippen molar-refractivity contribution in [3.63, 3.8) is 0 Å². The molecule has 8 nitrogen and oxygen atoms in total. The van der Waals surface area contributed by atoms with Crippen LogP contribution in [0.15, 0.2) is 48.5 Å². The van der Waals surface area contributed by atoms with Crippen LogP contribution in [0.3, 0.4) is 0 Å². The Kier molecular flexibility index (Phi) is 5.25. The lowest BCUT2D eigenvalue weighted by Crippen LogP contribution is -2.43. The van der Waals surface area contributed by atoms with E-state index in [4.69, 9.17) is 4.74 Å². The molecule has 33 heavy (non-hydrogen) atoms. The average molecular weight is 447 g/mol. The molecule has 0 radical (unpaired) electrons. The largest absolute Gasteiger partial charge is 0.571 e. The van der Waals surface area contributed by atoms with E-state index in [0.29, 0.717) is 22.5 Å². The lowest BCUT2D eigenvalue weighted by atomic mass is 9.90. The number of hydrogen-bond acceptors (Lipinski definition) is 6. The van der Waals surface area contributed by atoms with Crippen LogP contribution >= 0.6 is 0 Å². The third kappa shape index (κ3) is 3.70. The lowest BCUT2D eigenvalue weighted by molar-refractivity contribution is -0.749. The maximum Gasteiger partial charge on any atom is 0.220 e. The molecule has 0 amide bonds. The van der Waals surface area contributed by atoms with Crippen molar-refractivity contribution in [2.24, 2.45) is 0 Å². The minimum absolute atomic E-state index is 0.0482. The highest BCUT2D eigenvalue weighted by molar-refractivity contribution is 6.26. The zero-order chi connectivity index (χ0) is 23.2. The van der Waals surface area contributed by atoms with E-state index in [9.17, 15) is 14.8 Å². The summed E-state index contributed by atoms with van der Waals surface area (Å²) in [5, 5.41) is 16.3. The topological polar surface area (TPSA) is 91.4 Å². The van der Waals surface area contributed by atoms with Crippen molar-refractivity contribution in [3.8, 4) is 0 Å². The van der Waals surface area contributed by atoms with Gasteiger partial charge < -0.3 is 14.8 Å². The van der Waals surface area contributed by atoms with Gasteiger partial charge in [-0.2, -0.15) is 0 Å². The van der Waals surface area contributed by atoms with Gasteiger partial charge in [0.25, 0.3) is 0 Å². The number of carbonyl (C=O) groups excluding carboxylic acids is 2. The number of aryl methyl sites for hydroxylation is 1. The van der Waals surface area contributed by atoms with Crippen LogP contribution in [-0.4, -0.2) is 47.1 Å². The number of methoxy groups -OCH3 is 1. The predicted octanol–water partition coefficient (Wildman–Crippen LogP) is 2.54. The summed E-state index contributed by atoms with van der Waals surface area (Å²) in [5.41, 5.74) is 2.75. The van der Waals surface area contributed by atoms with Crippen molar-refractivity contribution >= 4 is 17.3 Å². The van der Waals surface area contributed by atoms with Crippen LogP contribution in [0.4, 0.5) is 5.69 Å². The van der Waals surface area contributed by atoms with E-state index in [0.717, 1.165) is 37.2 Å².